The smallest absolute Gasteiger partial charge is 0.0851 e. The van der Waals surface area contributed by atoms with Crippen molar-refractivity contribution in [1.82, 2.24) is 4.90 Å². The first-order valence-corrected chi connectivity index (χ1v) is 3.93. The van der Waals surface area contributed by atoms with Crippen LogP contribution < -0.4 is 5.73 Å². The molecule has 0 amide bonds. The van der Waals surface area contributed by atoms with Gasteiger partial charge in [0.15, 0.2) is 0 Å². The van der Waals surface area contributed by atoms with Crippen LogP contribution in [0.5, 0.6) is 0 Å². The van der Waals surface area contributed by atoms with Crippen LogP contribution >= 0.6 is 0 Å². The molecule has 0 aliphatic carbocycles. The lowest BCUT2D eigenvalue weighted by molar-refractivity contribution is 0.422. The van der Waals surface area contributed by atoms with E-state index in [1.807, 2.05) is 12.4 Å². The second-order valence-corrected chi connectivity index (χ2v) is 2.80. The Morgan fingerprint density at radius 2 is 2.64 bits per heavy atom. The van der Waals surface area contributed by atoms with Crippen molar-refractivity contribution in [3.8, 4) is 0 Å². The minimum Gasteiger partial charge on any atom is -0.360 e. The van der Waals surface area contributed by atoms with Gasteiger partial charge < -0.3 is 10.6 Å². The normalized spacial score (nSPS) is 18.8. The zero-order valence-electron chi connectivity index (χ0n) is 6.74. The first-order valence-electron chi connectivity index (χ1n) is 3.93. The third-order valence-electron chi connectivity index (χ3n) is 1.70. The Labute approximate surface area is 67.6 Å². The molecule has 0 spiro atoms. The summed E-state index contributed by atoms with van der Waals surface area (Å²) in [7, 11) is 0. The van der Waals surface area contributed by atoms with Gasteiger partial charge in [-0.2, -0.15) is 0 Å². The van der Waals surface area contributed by atoms with Crippen LogP contribution in [-0.2, 0) is 0 Å². The van der Waals surface area contributed by atoms with E-state index >= 15 is 0 Å². The van der Waals surface area contributed by atoms with Gasteiger partial charge in [0.25, 0.3) is 0 Å². The Kier molecular flexibility index (Phi) is 3.11. The van der Waals surface area contributed by atoms with Gasteiger partial charge in [-0.25, -0.2) is 0 Å². The van der Waals surface area contributed by atoms with Crippen LogP contribution in [0, 0.1) is 0 Å². The van der Waals surface area contributed by atoms with E-state index in [2.05, 4.69) is 16.5 Å². The maximum Gasteiger partial charge on any atom is 0.0851 e. The van der Waals surface area contributed by atoms with Gasteiger partial charge in [0, 0.05) is 19.1 Å². The van der Waals surface area contributed by atoms with Crippen LogP contribution in [-0.4, -0.2) is 36.9 Å². The lowest BCUT2D eigenvalue weighted by atomic mass is 10.2. The topological polar surface area (TPSA) is 41.6 Å². The van der Waals surface area contributed by atoms with Gasteiger partial charge in [-0.1, -0.05) is 6.08 Å². The zero-order chi connectivity index (χ0) is 8.10. The maximum absolute atomic E-state index is 5.79. The molecular formula is C8H15N3. The van der Waals surface area contributed by atoms with Crippen LogP contribution in [0.15, 0.2) is 17.6 Å². The molecule has 0 fully saturated rings. The lowest BCUT2D eigenvalue weighted by Gasteiger charge is -2.17. The molecule has 0 saturated carbocycles. The van der Waals surface area contributed by atoms with Gasteiger partial charge >= 0.3 is 0 Å². The van der Waals surface area contributed by atoms with Crippen molar-refractivity contribution >= 4 is 6.34 Å². The van der Waals surface area contributed by atoms with Crippen LogP contribution in [0.4, 0.5) is 0 Å². The molecule has 1 heterocycles. The Hall–Kier alpha value is -0.830. The van der Waals surface area contributed by atoms with Crippen molar-refractivity contribution < 1.29 is 0 Å². The summed E-state index contributed by atoms with van der Waals surface area (Å²) < 4.78 is 0. The highest BCUT2D eigenvalue weighted by Gasteiger charge is 2.08. The zero-order valence-corrected chi connectivity index (χ0v) is 6.74. The highest BCUT2D eigenvalue weighted by atomic mass is 15.2. The van der Waals surface area contributed by atoms with E-state index in [1.54, 1.807) is 0 Å². The fourth-order valence-corrected chi connectivity index (χ4v) is 1.15. The van der Waals surface area contributed by atoms with E-state index in [4.69, 9.17) is 5.73 Å². The Balaban J connectivity index is 2.18. The number of hydrogen-bond acceptors (Lipinski definition) is 3. The van der Waals surface area contributed by atoms with E-state index in [0.717, 1.165) is 26.1 Å². The second kappa shape index (κ2) is 4.13. The maximum atomic E-state index is 5.79. The Morgan fingerprint density at radius 3 is 3.18 bits per heavy atom. The predicted molar refractivity (Wildman–Crippen MR) is 47.7 cm³/mol. The summed E-state index contributed by atoms with van der Waals surface area (Å²) in [6, 6.07) is 0.206. The fraction of sp³-hybridized carbons (Fsp3) is 0.625. The van der Waals surface area contributed by atoms with Crippen molar-refractivity contribution in [1.29, 1.82) is 0 Å². The van der Waals surface area contributed by atoms with Crippen LogP contribution in [0.3, 0.4) is 0 Å². The van der Waals surface area contributed by atoms with Crippen LogP contribution in [0.25, 0.3) is 0 Å². The van der Waals surface area contributed by atoms with Crippen molar-refractivity contribution in [2.24, 2.45) is 10.7 Å². The van der Waals surface area contributed by atoms with Gasteiger partial charge in [0.2, 0.25) is 0 Å². The molecule has 0 saturated heterocycles. The van der Waals surface area contributed by atoms with Gasteiger partial charge in [0.1, 0.15) is 0 Å². The largest absolute Gasteiger partial charge is 0.360 e. The predicted octanol–water partition coefficient (Wildman–Crippen LogP) is 0.234. The van der Waals surface area contributed by atoms with Gasteiger partial charge in [0.05, 0.1) is 12.9 Å². The quantitative estimate of drug-likeness (QED) is 0.588. The average Bonchev–Trinajstić information content (AvgIpc) is 2.40. The average molecular weight is 153 g/mol. The van der Waals surface area contributed by atoms with Gasteiger partial charge in [-0.05, 0) is 6.42 Å². The number of hydrogen-bond donors (Lipinski definition) is 1. The highest BCUT2D eigenvalue weighted by molar-refractivity contribution is 5.57. The molecular weight excluding hydrogens is 138 g/mol. The van der Waals surface area contributed by atoms with E-state index in [1.165, 1.54) is 0 Å². The van der Waals surface area contributed by atoms with Crippen molar-refractivity contribution in [3.63, 3.8) is 0 Å². The standard InChI is InChI=1S/C8H15N3/c1-2-3-8(9)6-11-5-4-10-7-11/h2,7-8H,1,3-6,9H2. The number of nitrogens with two attached hydrogens (primary N) is 1. The number of rotatable bonds is 4. The van der Waals surface area contributed by atoms with Crippen molar-refractivity contribution in [2.45, 2.75) is 12.5 Å². The summed E-state index contributed by atoms with van der Waals surface area (Å²) in [4.78, 5) is 6.24. The molecule has 1 aliphatic heterocycles. The minimum atomic E-state index is 0.206. The van der Waals surface area contributed by atoms with Gasteiger partial charge in [-0.15, -0.1) is 6.58 Å². The molecule has 11 heavy (non-hydrogen) atoms. The molecule has 1 rings (SSSR count). The molecule has 0 aromatic rings. The Morgan fingerprint density at radius 1 is 1.82 bits per heavy atom. The summed E-state index contributed by atoms with van der Waals surface area (Å²) in [5.74, 6) is 0. The monoisotopic (exact) mass is 153 g/mol. The minimum absolute atomic E-state index is 0.206. The molecule has 1 aliphatic rings. The first kappa shape index (κ1) is 8.27. The highest BCUT2D eigenvalue weighted by Crippen LogP contribution is 1.97. The number of nitrogens with zero attached hydrogens (tertiary/aromatic N) is 2. The SMILES string of the molecule is C=CCC(N)CN1C=NCC1. The summed E-state index contributed by atoms with van der Waals surface area (Å²) in [5.41, 5.74) is 5.79. The van der Waals surface area contributed by atoms with Gasteiger partial charge in [-0.3, -0.25) is 4.99 Å². The summed E-state index contributed by atoms with van der Waals surface area (Å²) in [6.45, 7) is 6.48. The molecule has 1 unspecified atom stereocenters. The molecule has 0 bridgehead atoms. The molecule has 0 aromatic heterocycles. The van der Waals surface area contributed by atoms with E-state index in [0.29, 0.717) is 0 Å². The summed E-state index contributed by atoms with van der Waals surface area (Å²) >= 11 is 0. The van der Waals surface area contributed by atoms with E-state index in [-0.39, 0.29) is 6.04 Å². The third kappa shape index (κ3) is 2.72. The molecule has 0 radical (unpaired) electrons. The molecule has 62 valence electrons. The van der Waals surface area contributed by atoms with Crippen LogP contribution in [0.2, 0.25) is 0 Å². The third-order valence-corrected chi connectivity index (χ3v) is 1.70. The van der Waals surface area contributed by atoms with E-state index < -0.39 is 0 Å². The second-order valence-electron chi connectivity index (χ2n) is 2.80. The fourth-order valence-electron chi connectivity index (χ4n) is 1.15. The first-order chi connectivity index (χ1) is 5.33. The van der Waals surface area contributed by atoms with Crippen molar-refractivity contribution in [2.75, 3.05) is 19.6 Å². The molecule has 2 N–H and O–H groups in total. The molecule has 3 heteroatoms. The lowest BCUT2D eigenvalue weighted by Crippen LogP contribution is -2.35. The van der Waals surface area contributed by atoms with Crippen LogP contribution in [0.1, 0.15) is 6.42 Å². The van der Waals surface area contributed by atoms with E-state index in [9.17, 15) is 0 Å². The number of aliphatic imine (C=N–C) groups is 1. The van der Waals surface area contributed by atoms with Crippen molar-refractivity contribution in [3.05, 3.63) is 12.7 Å². The molecule has 3 nitrogen and oxygen atoms in total. The Bertz CT molecular complexity index is 153. The molecule has 0 aromatic carbocycles. The summed E-state index contributed by atoms with van der Waals surface area (Å²) in [6.07, 6.45) is 4.62. The summed E-state index contributed by atoms with van der Waals surface area (Å²) in [5, 5.41) is 0. The molecule has 1 atom stereocenters.